The number of hydrogen-bond donors (Lipinski definition) is 3. The number of carbonyl (C=O) groups is 1. The van der Waals surface area contributed by atoms with E-state index in [4.69, 9.17) is 16.3 Å². The maximum atomic E-state index is 11.8. The molecular weight excluding hydrogens is 328 g/mol. The van der Waals surface area contributed by atoms with E-state index < -0.39 is 0 Å². The van der Waals surface area contributed by atoms with Crippen LogP contribution in [0.25, 0.3) is 0 Å². The minimum Gasteiger partial charge on any atom is -0.492 e. The summed E-state index contributed by atoms with van der Waals surface area (Å²) in [6.45, 7) is 9.60. The molecule has 0 saturated carbocycles. The Hall–Kier alpha value is -1.95. The highest BCUT2D eigenvalue weighted by Crippen LogP contribution is 2.15. The molecule has 0 fully saturated rings. The summed E-state index contributed by atoms with van der Waals surface area (Å²) in [4.78, 5) is 16.1. The Balaban J connectivity index is 2.37. The Labute approximate surface area is 149 Å². The number of amides is 1. The number of nitrogens with one attached hydrogen (secondary N) is 3. The topological polar surface area (TPSA) is 74.8 Å². The molecule has 6 nitrogen and oxygen atoms in total. The number of rotatable bonds is 7. The van der Waals surface area contributed by atoms with E-state index in [0.29, 0.717) is 30.7 Å². The van der Waals surface area contributed by atoms with Crippen LogP contribution in [0.1, 0.15) is 27.7 Å². The van der Waals surface area contributed by atoms with Crippen LogP contribution in [-0.2, 0) is 4.79 Å². The van der Waals surface area contributed by atoms with Gasteiger partial charge in [-0.1, -0.05) is 11.6 Å². The number of benzene rings is 1. The normalized spacial score (nSPS) is 11.8. The molecule has 1 aromatic rings. The zero-order chi connectivity index (χ0) is 18.0. The second-order valence-corrected chi connectivity index (χ2v) is 6.66. The zero-order valence-electron chi connectivity index (χ0n) is 14.8. The van der Waals surface area contributed by atoms with E-state index in [2.05, 4.69) is 20.9 Å². The first kappa shape index (κ1) is 20.1. The molecule has 0 atom stereocenters. The van der Waals surface area contributed by atoms with Crippen LogP contribution < -0.4 is 20.7 Å². The maximum Gasteiger partial charge on any atom is 0.242 e. The lowest BCUT2D eigenvalue weighted by Crippen LogP contribution is -2.43. The molecule has 0 aliphatic heterocycles. The van der Waals surface area contributed by atoms with Gasteiger partial charge in [-0.3, -0.25) is 4.79 Å². The molecule has 1 aromatic carbocycles. The third-order valence-electron chi connectivity index (χ3n) is 2.72. The lowest BCUT2D eigenvalue weighted by molar-refractivity contribution is -0.121. The van der Waals surface area contributed by atoms with E-state index in [0.717, 1.165) is 5.75 Å². The first-order valence-corrected chi connectivity index (χ1v) is 8.39. The lowest BCUT2D eigenvalue weighted by atomic mass is 10.1. The van der Waals surface area contributed by atoms with E-state index in [-0.39, 0.29) is 18.0 Å². The lowest BCUT2D eigenvalue weighted by Gasteiger charge is -2.20. The molecule has 0 aromatic heterocycles. The summed E-state index contributed by atoms with van der Waals surface area (Å²) in [5, 5.41) is 9.77. The largest absolute Gasteiger partial charge is 0.492 e. The molecule has 0 saturated heterocycles. The van der Waals surface area contributed by atoms with Gasteiger partial charge in [0, 0.05) is 17.1 Å². The summed E-state index contributed by atoms with van der Waals surface area (Å²) in [6.07, 6.45) is 0. The van der Waals surface area contributed by atoms with Crippen LogP contribution in [-0.4, -0.2) is 43.6 Å². The minimum atomic E-state index is -0.259. The van der Waals surface area contributed by atoms with Gasteiger partial charge in [-0.15, -0.1) is 0 Å². The zero-order valence-corrected chi connectivity index (χ0v) is 15.5. The fourth-order valence-corrected chi connectivity index (χ4v) is 1.95. The standard InChI is InChI=1S/C17H27ClN4O2/c1-5-19-16(21-12-15(23)22-17(2,3)4)20-10-11-24-14-8-6-13(18)7-9-14/h6-9H,5,10-12H2,1-4H3,(H,22,23)(H2,19,20,21). The molecule has 0 spiro atoms. The number of carbonyl (C=O) groups excluding carboxylic acids is 1. The van der Waals surface area contributed by atoms with Gasteiger partial charge in [-0.25, -0.2) is 4.99 Å². The molecule has 0 unspecified atom stereocenters. The van der Waals surface area contributed by atoms with Crippen molar-refractivity contribution in [2.45, 2.75) is 33.2 Å². The van der Waals surface area contributed by atoms with Crippen LogP contribution in [0.2, 0.25) is 5.02 Å². The van der Waals surface area contributed by atoms with Crippen LogP contribution in [0, 0.1) is 0 Å². The van der Waals surface area contributed by atoms with Gasteiger partial charge in [0.05, 0.1) is 6.54 Å². The Bertz CT molecular complexity index is 539. The highest BCUT2D eigenvalue weighted by molar-refractivity contribution is 6.30. The summed E-state index contributed by atoms with van der Waals surface area (Å²) in [6, 6.07) is 7.20. The molecule has 0 aliphatic carbocycles. The Morgan fingerprint density at radius 3 is 2.46 bits per heavy atom. The molecule has 0 radical (unpaired) electrons. The minimum absolute atomic E-state index is 0.0741. The molecule has 1 rings (SSSR count). The van der Waals surface area contributed by atoms with E-state index >= 15 is 0 Å². The molecule has 3 N–H and O–H groups in total. The van der Waals surface area contributed by atoms with Gasteiger partial charge in [0.25, 0.3) is 0 Å². The van der Waals surface area contributed by atoms with Crippen molar-refractivity contribution in [1.82, 2.24) is 16.0 Å². The average molecular weight is 355 g/mol. The molecule has 0 bridgehead atoms. The maximum absolute atomic E-state index is 11.8. The molecule has 0 heterocycles. The number of aliphatic imine (C=N–C) groups is 1. The molecule has 7 heteroatoms. The number of ether oxygens (including phenoxy) is 1. The van der Waals surface area contributed by atoms with Gasteiger partial charge in [0.1, 0.15) is 18.9 Å². The van der Waals surface area contributed by atoms with Crippen molar-refractivity contribution in [2.75, 3.05) is 26.2 Å². The molecule has 134 valence electrons. The monoisotopic (exact) mass is 354 g/mol. The van der Waals surface area contributed by atoms with Gasteiger partial charge in [0.2, 0.25) is 5.91 Å². The number of halogens is 1. The fourth-order valence-electron chi connectivity index (χ4n) is 1.82. The van der Waals surface area contributed by atoms with Crippen molar-refractivity contribution < 1.29 is 9.53 Å². The van der Waals surface area contributed by atoms with E-state index in [1.54, 1.807) is 12.1 Å². The van der Waals surface area contributed by atoms with Gasteiger partial charge in [-0.05, 0) is 52.0 Å². The van der Waals surface area contributed by atoms with Gasteiger partial charge in [-0.2, -0.15) is 0 Å². The smallest absolute Gasteiger partial charge is 0.242 e. The first-order valence-electron chi connectivity index (χ1n) is 8.01. The third-order valence-corrected chi connectivity index (χ3v) is 2.97. The summed E-state index contributed by atoms with van der Waals surface area (Å²) in [5.41, 5.74) is -0.259. The Kier molecular flexibility index (Phi) is 8.40. The van der Waals surface area contributed by atoms with Crippen molar-refractivity contribution in [2.24, 2.45) is 4.99 Å². The Morgan fingerprint density at radius 2 is 1.88 bits per heavy atom. The van der Waals surface area contributed by atoms with Crippen molar-refractivity contribution in [3.8, 4) is 5.75 Å². The number of hydrogen-bond acceptors (Lipinski definition) is 3. The SMILES string of the molecule is CCNC(=NCC(=O)NC(C)(C)C)NCCOc1ccc(Cl)cc1. The molecular formula is C17H27ClN4O2. The predicted octanol–water partition coefficient (Wildman–Crippen LogP) is 2.19. The van der Waals surface area contributed by atoms with Crippen LogP contribution in [0.5, 0.6) is 5.75 Å². The molecule has 1 amide bonds. The van der Waals surface area contributed by atoms with E-state index in [1.807, 2.05) is 39.8 Å². The van der Waals surface area contributed by atoms with Crippen LogP contribution in [0.4, 0.5) is 0 Å². The Morgan fingerprint density at radius 1 is 1.21 bits per heavy atom. The van der Waals surface area contributed by atoms with Crippen molar-refractivity contribution in [3.05, 3.63) is 29.3 Å². The second-order valence-electron chi connectivity index (χ2n) is 6.22. The first-order chi connectivity index (χ1) is 11.3. The van der Waals surface area contributed by atoms with Crippen LogP contribution in [0.3, 0.4) is 0 Å². The van der Waals surface area contributed by atoms with Crippen LogP contribution in [0.15, 0.2) is 29.3 Å². The highest BCUT2D eigenvalue weighted by Gasteiger charge is 2.13. The number of guanidine groups is 1. The summed E-state index contributed by atoms with van der Waals surface area (Å²) in [5.74, 6) is 1.23. The van der Waals surface area contributed by atoms with E-state index in [1.165, 1.54) is 0 Å². The predicted molar refractivity (Wildman–Crippen MR) is 98.8 cm³/mol. The fraction of sp³-hybridized carbons (Fsp3) is 0.529. The quantitative estimate of drug-likeness (QED) is 0.398. The van der Waals surface area contributed by atoms with Gasteiger partial charge >= 0.3 is 0 Å². The van der Waals surface area contributed by atoms with Gasteiger partial charge < -0.3 is 20.7 Å². The van der Waals surface area contributed by atoms with Crippen molar-refractivity contribution in [1.29, 1.82) is 0 Å². The number of nitrogens with zero attached hydrogens (tertiary/aromatic N) is 1. The van der Waals surface area contributed by atoms with Crippen molar-refractivity contribution >= 4 is 23.5 Å². The average Bonchev–Trinajstić information content (AvgIpc) is 2.49. The summed E-state index contributed by atoms with van der Waals surface area (Å²) < 4.78 is 5.60. The van der Waals surface area contributed by atoms with Gasteiger partial charge in [0.15, 0.2) is 5.96 Å². The third kappa shape index (κ3) is 9.25. The summed E-state index contributed by atoms with van der Waals surface area (Å²) >= 11 is 5.83. The highest BCUT2D eigenvalue weighted by atomic mass is 35.5. The van der Waals surface area contributed by atoms with Crippen molar-refractivity contribution in [3.63, 3.8) is 0 Å². The van der Waals surface area contributed by atoms with Crippen LogP contribution >= 0.6 is 11.6 Å². The molecule has 24 heavy (non-hydrogen) atoms. The van der Waals surface area contributed by atoms with E-state index in [9.17, 15) is 4.79 Å². The molecule has 0 aliphatic rings. The summed E-state index contributed by atoms with van der Waals surface area (Å²) in [7, 11) is 0. The second kappa shape index (κ2) is 10.0.